The number of anilines is 1. The Morgan fingerprint density at radius 1 is 1.40 bits per heavy atom. The van der Waals surface area contributed by atoms with E-state index in [1.807, 2.05) is 0 Å². The van der Waals surface area contributed by atoms with E-state index in [0.717, 1.165) is 5.56 Å². The SMILES string of the molecule is CCC(CC(C)(C)O)=NS(=O)(=O)c1cc2c(cc1Br)CCN2C(C)=O. The maximum atomic E-state index is 12.8. The maximum Gasteiger partial charge on any atom is 0.283 e. The predicted octanol–water partition coefficient (Wildman–Crippen LogP) is 3.06. The van der Waals surface area contributed by atoms with Crippen molar-refractivity contribution in [3.05, 3.63) is 22.2 Å². The lowest BCUT2D eigenvalue weighted by atomic mass is 10.0. The fourth-order valence-electron chi connectivity index (χ4n) is 2.85. The molecule has 1 heterocycles. The Labute approximate surface area is 157 Å². The molecule has 0 saturated heterocycles. The van der Waals surface area contributed by atoms with E-state index in [-0.39, 0.29) is 17.2 Å². The molecular formula is C17H23BrN2O4S. The quantitative estimate of drug-likeness (QED) is 0.726. The lowest BCUT2D eigenvalue weighted by Crippen LogP contribution is -2.26. The summed E-state index contributed by atoms with van der Waals surface area (Å²) in [5.74, 6) is -0.121. The minimum atomic E-state index is -3.95. The molecule has 1 N–H and O–H groups in total. The van der Waals surface area contributed by atoms with Gasteiger partial charge < -0.3 is 10.0 Å². The van der Waals surface area contributed by atoms with Crippen LogP contribution in [0.5, 0.6) is 0 Å². The van der Waals surface area contributed by atoms with E-state index in [2.05, 4.69) is 20.3 Å². The molecule has 138 valence electrons. The van der Waals surface area contributed by atoms with Gasteiger partial charge in [-0.3, -0.25) is 4.79 Å². The number of hydrogen-bond donors (Lipinski definition) is 1. The van der Waals surface area contributed by atoms with Crippen molar-refractivity contribution in [2.24, 2.45) is 4.40 Å². The second kappa shape index (κ2) is 7.17. The summed E-state index contributed by atoms with van der Waals surface area (Å²) < 4.78 is 29.9. The average molecular weight is 431 g/mol. The lowest BCUT2D eigenvalue weighted by molar-refractivity contribution is -0.116. The molecule has 0 saturated carbocycles. The molecule has 0 bridgehead atoms. The molecule has 1 aromatic carbocycles. The highest BCUT2D eigenvalue weighted by atomic mass is 79.9. The molecular weight excluding hydrogens is 408 g/mol. The van der Waals surface area contributed by atoms with Gasteiger partial charge in [0.15, 0.2) is 0 Å². The van der Waals surface area contributed by atoms with Crippen LogP contribution in [0.25, 0.3) is 0 Å². The van der Waals surface area contributed by atoms with Crippen LogP contribution >= 0.6 is 15.9 Å². The zero-order chi connectivity index (χ0) is 19.0. The van der Waals surface area contributed by atoms with Crippen molar-refractivity contribution in [1.82, 2.24) is 0 Å². The van der Waals surface area contributed by atoms with Gasteiger partial charge in [-0.05, 0) is 60.3 Å². The maximum absolute atomic E-state index is 12.8. The third-order valence-corrected chi connectivity index (χ3v) is 6.29. The largest absolute Gasteiger partial charge is 0.390 e. The molecule has 0 aliphatic carbocycles. The molecule has 0 spiro atoms. The number of hydrogen-bond acceptors (Lipinski definition) is 4. The first kappa shape index (κ1) is 20.1. The number of carbonyl (C=O) groups is 1. The summed E-state index contributed by atoms with van der Waals surface area (Å²) in [4.78, 5) is 13.3. The van der Waals surface area contributed by atoms with E-state index in [0.29, 0.717) is 35.3 Å². The molecule has 0 fully saturated rings. The fourth-order valence-corrected chi connectivity index (χ4v) is 5.06. The molecule has 0 unspecified atom stereocenters. The van der Waals surface area contributed by atoms with Crippen LogP contribution in [0.3, 0.4) is 0 Å². The average Bonchev–Trinajstić information content (AvgIpc) is 2.86. The Bertz CT molecular complexity index is 826. The van der Waals surface area contributed by atoms with Crippen molar-refractivity contribution in [3.8, 4) is 0 Å². The second-order valence-corrected chi connectivity index (χ2v) is 9.23. The van der Waals surface area contributed by atoms with Crippen LogP contribution in [0.4, 0.5) is 5.69 Å². The third-order valence-electron chi connectivity index (χ3n) is 3.98. The topological polar surface area (TPSA) is 87.0 Å². The standard InChI is InChI=1S/C17H23BrN2O4S/c1-5-13(10-17(3,4)22)19-25(23,24)16-9-15-12(8-14(16)18)6-7-20(15)11(2)21/h8-9,22H,5-7,10H2,1-4H3. The van der Waals surface area contributed by atoms with E-state index < -0.39 is 15.6 Å². The Morgan fingerprint density at radius 3 is 2.56 bits per heavy atom. The normalized spacial score (nSPS) is 15.4. The summed E-state index contributed by atoms with van der Waals surface area (Å²) in [5, 5.41) is 9.93. The molecule has 0 radical (unpaired) electrons. The molecule has 1 aromatic rings. The van der Waals surface area contributed by atoms with Gasteiger partial charge in [0.05, 0.1) is 5.60 Å². The van der Waals surface area contributed by atoms with Crippen LogP contribution in [0.2, 0.25) is 0 Å². The lowest BCUT2D eigenvalue weighted by Gasteiger charge is -2.18. The number of rotatable bonds is 5. The van der Waals surface area contributed by atoms with E-state index in [1.165, 1.54) is 13.0 Å². The molecule has 6 nitrogen and oxygen atoms in total. The van der Waals surface area contributed by atoms with Crippen molar-refractivity contribution >= 4 is 43.3 Å². The Kier molecular flexibility index (Phi) is 5.75. The fraction of sp³-hybridized carbons (Fsp3) is 0.529. The molecule has 0 aromatic heterocycles. The number of sulfonamides is 1. The number of benzene rings is 1. The summed E-state index contributed by atoms with van der Waals surface area (Å²) in [7, 11) is -3.95. The van der Waals surface area contributed by atoms with Crippen molar-refractivity contribution in [2.75, 3.05) is 11.4 Å². The Morgan fingerprint density at radius 2 is 2.04 bits per heavy atom. The highest BCUT2D eigenvalue weighted by molar-refractivity contribution is 9.10. The van der Waals surface area contributed by atoms with E-state index in [4.69, 9.17) is 0 Å². The van der Waals surface area contributed by atoms with Gasteiger partial charge in [0.1, 0.15) is 4.90 Å². The highest BCUT2D eigenvalue weighted by Gasteiger charge is 2.28. The Hall–Kier alpha value is -1.25. The number of halogens is 1. The van der Waals surface area contributed by atoms with Crippen LogP contribution in [0, 0.1) is 0 Å². The van der Waals surface area contributed by atoms with Gasteiger partial charge in [0.25, 0.3) is 10.0 Å². The zero-order valence-electron chi connectivity index (χ0n) is 14.8. The summed E-state index contributed by atoms with van der Waals surface area (Å²) in [6.07, 6.45) is 1.28. The van der Waals surface area contributed by atoms with Crippen LogP contribution in [-0.4, -0.2) is 37.3 Å². The van der Waals surface area contributed by atoms with Gasteiger partial charge in [-0.2, -0.15) is 12.8 Å². The van der Waals surface area contributed by atoms with Gasteiger partial charge in [-0.25, -0.2) is 0 Å². The second-order valence-electron chi connectivity index (χ2n) is 6.81. The van der Waals surface area contributed by atoms with Crippen LogP contribution in [0.1, 0.15) is 46.1 Å². The number of nitrogens with zero attached hydrogens (tertiary/aromatic N) is 2. The Balaban J connectivity index is 2.50. The van der Waals surface area contributed by atoms with Crippen molar-refractivity contribution < 1.29 is 18.3 Å². The van der Waals surface area contributed by atoms with Crippen LogP contribution < -0.4 is 4.90 Å². The molecule has 8 heteroatoms. The minimum Gasteiger partial charge on any atom is -0.390 e. The molecule has 2 rings (SSSR count). The van der Waals surface area contributed by atoms with E-state index in [9.17, 15) is 18.3 Å². The molecule has 0 atom stereocenters. The first-order valence-corrected chi connectivity index (χ1v) is 10.3. The zero-order valence-corrected chi connectivity index (χ0v) is 17.2. The minimum absolute atomic E-state index is 0.0288. The van der Waals surface area contributed by atoms with Gasteiger partial charge in [0, 0.05) is 35.8 Å². The predicted molar refractivity (Wildman–Crippen MR) is 102 cm³/mol. The third kappa shape index (κ3) is 4.68. The number of carbonyl (C=O) groups excluding carboxylic acids is 1. The first-order chi connectivity index (χ1) is 11.4. The summed E-state index contributed by atoms with van der Waals surface area (Å²) in [6.45, 7) is 7.03. The van der Waals surface area contributed by atoms with Crippen molar-refractivity contribution in [2.45, 2.75) is 57.5 Å². The van der Waals surface area contributed by atoms with Gasteiger partial charge in [-0.1, -0.05) is 6.92 Å². The van der Waals surface area contributed by atoms with Crippen LogP contribution in [0.15, 0.2) is 25.9 Å². The van der Waals surface area contributed by atoms with E-state index in [1.54, 1.807) is 31.7 Å². The van der Waals surface area contributed by atoms with Gasteiger partial charge in [-0.15, -0.1) is 0 Å². The van der Waals surface area contributed by atoms with Gasteiger partial charge >= 0.3 is 0 Å². The molecule has 1 aliphatic rings. The van der Waals surface area contributed by atoms with E-state index >= 15 is 0 Å². The summed E-state index contributed by atoms with van der Waals surface area (Å²) in [6, 6.07) is 3.24. The number of amides is 1. The van der Waals surface area contributed by atoms with Crippen molar-refractivity contribution in [3.63, 3.8) is 0 Å². The molecule has 1 aliphatic heterocycles. The molecule has 1 amide bonds. The number of fused-ring (bicyclic) bond motifs is 1. The monoisotopic (exact) mass is 430 g/mol. The van der Waals surface area contributed by atoms with Crippen molar-refractivity contribution in [1.29, 1.82) is 0 Å². The summed E-state index contributed by atoms with van der Waals surface area (Å²) in [5.41, 5.74) is 0.913. The summed E-state index contributed by atoms with van der Waals surface area (Å²) >= 11 is 3.31. The smallest absolute Gasteiger partial charge is 0.283 e. The first-order valence-electron chi connectivity index (χ1n) is 8.10. The number of aliphatic hydroxyl groups is 1. The van der Waals surface area contributed by atoms with Crippen LogP contribution in [-0.2, 0) is 21.2 Å². The molecule has 25 heavy (non-hydrogen) atoms. The van der Waals surface area contributed by atoms with Gasteiger partial charge in [0.2, 0.25) is 5.91 Å². The highest BCUT2D eigenvalue weighted by Crippen LogP contribution is 2.36.